The Morgan fingerprint density at radius 3 is 1.93 bits per heavy atom. The van der Waals surface area contributed by atoms with Crippen LogP contribution in [0, 0.1) is 0 Å². The van der Waals surface area contributed by atoms with Crippen LogP contribution in [0.15, 0.2) is 120 Å². The first-order valence-electron chi connectivity index (χ1n) is 9.95. The highest BCUT2D eigenvalue weighted by molar-refractivity contribution is 6.13. The maximum absolute atomic E-state index is 13.6. The monoisotopic (exact) mass is 388 g/mol. The third kappa shape index (κ3) is 2.83. The van der Waals surface area contributed by atoms with Gasteiger partial charge in [0.2, 0.25) is 0 Å². The van der Waals surface area contributed by atoms with Crippen molar-refractivity contribution in [3.63, 3.8) is 0 Å². The summed E-state index contributed by atoms with van der Waals surface area (Å²) in [5.74, 6) is -0.0501. The number of benzene rings is 4. The van der Waals surface area contributed by atoms with Gasteiger partial charge in [0.1, 0.15) is 0 Å². The molecule has 144 valence electrons. The van der Waals surface area contributed by atoms with Crippen LogP contribution < -0.4 is 4.90 Å². The maximum Gasteiger partial charge on any atom is 0.261 e. The first-order valence-corrected chi connectivity index (χ1v) is 9.95. The van der Waals surface area contributed by atoms with Gasteiger partial charge in [-0.3, -0.25) is 14.7 Å². The number of aliphatic imine (C=N–C) groups is 1. The minimum atomic E-state index is -0.980. The first kappa shape index (κ1) is 18.1. The molecular weight excluding hydrogens is 368 g/mol. The highest BCUT2D eigenvalue weighted by Gasteiger charge is 2.51. The number of nitrogens with zero attached hydrogens (tertiary/aromatic N) is 2. The minimum absolute atomic E-state index is 0.0501. The quantitative estimate of drug-likeness (QED) is 0.415. The molecule has 3 heteroatoms. The summed E-state index contributed by atoms with van der Waals surface area (Å²) < 4.78 is 0. The van der Waals surface area contributed by atoms with E-state index in [9.17, 15) is 4.79 Å². The van der Waals surface area contributed by atoms with E-state index in [1.54, 1.807) is 0 Å². The minimum Gasteiger partial charge on any atom is -0.275 e. The van der Waals surface area contributed by atoms with Crippen LogP contribution in [-0.4, -0.2) is 12.1 Å². The zero-order chi connectivity index (χ0) is 20.4. The lowest BCUT2D eigenvalue weighted by molar-refractivity contribution is 0.0983. The van der Waals surface area contributed by atoms with Crippen LogP contribution in [0.1, 0.15) is 27.0 Å². The lowest BCUT2D eigenvalue weighted by Crippen LogP contribution is -2.43. The summed E-state index contributed by atoms with van der Waals surface area (Å²) >= 11 is 0. The van der Waals surface area contributed by atoms with Gasteiger partial charge in [-0.1, -0.05) is 97.1 Å². The number of hydrogen-bond acceptors (Lipinski definition) is 2. The summed E-state index contributed by atoms with van der Waals surface area (Å²) in [6.07, 6.45) is 1.86. The number of fused-ring (bicyclic) bond motifs is 1. The average Bonchev–Trinajstić information content (AvgIpc) is 3.08. The van der Waals surface area contributed by atoms with Crippen LogP contribution in [0.4, 0.5) is 5.69 Å². The third-order valence-electron chi connectivity index (χ3n) is 5.45. The van der Waals surface area contributed by atoms with Crippen molar-refractivity contribution in [1.29, 1.82) is 0 Å². The van der Waals surface area contributed by atoms with Gasteiger partial charge in [0, 0.05) is 28.6 Å². The molecule has 0 spiro atoms. The molecule has 3 nitrogen and oxygen atoms in total. The molecule has 4 aromatic carbocycles. The zero-order valence-electron chi connectivity index (χ0n) is 16.3. The zero-order valence-corrected chi connectivity index (χ0v) is 16.3. The SMILES string of the molecule is O=C1c2ccccc2C(N=Cc2ccccc2)(c2ccccc2)N1c1ccccc1. The van der Waals surface area contributed by atoms with Crippen molar-refractivity contribution in [2.75, 3.05) is 4.90 Å². The number of para-hydroxylation sites is 1. The molecule has 5 rings (SSSR count). The Hall–Kier alpha value is -3.98. The molecule has 1 atom stereocenters. The number of carbonyl (C=O) groups is 1. The second kappa shape index (κ2) is 7.45. The predicted octanol–water partition coefficient (Wildman–Crippen LogP) is 5.67. The Labute approximate surface area is 176 Å². The summed E-state index contributed by atoms with van der Waals surface area (Å²) in [6, 6.07) is 37.5. The number of rotatable bonds is 4. The Kier molecular flexibility index (Phi) is 4.49. The smallest absolute Gasteiger partial charge is 0.261 e. The molecule has 30 heavy (non-hydrogen) atoms. The molecule has 1 amide bonds. The van der Waals surface area contributed by atoms with Gasteiger partial charge in [-0.05, 0) is 23.8 Å². The standard InChI is InChI=1S/C27H20N2O/c30-26-24-18-10-11-19-25(24)27(22-14-6-2-7-15-22,28-20-21-12-4-1-5-13-21)29(26)23-16-8-3-9-17-23/h1-20H. The van der Waals surface area contributed by atoms with Gasteiger partial charge in [0.25, 0.3) is 5.91 Å². The molecule has 1 unspecified atom stereocenters. The Morgan fingerprint density at radius 2 is 1.23 bits per heavy atom. The molecule has 0 aromatic heterocycles. The van der Waals surface area contributed by atoms with E-state index in [0.29, 0.717) is 5.56 Å². The average molecular weight is 388 g/mol. The van der Waals surface area contributed by atoms with Crippen LogP contribution in [0.2, 0.25) is 0 Å². The van der Waals surface area contributed by atoms with Gasteiger partial charge in [-0.2, -0.15) is 0 Å². The molecule has 0 aliphatic carbocycles. The van der Waals surface area contributed by atoms with Gasteiger partial charge < -0.3 is 0 Å². The van der Waals surface area contributed by atoms with Crippen LogP contribution in [0.3, 0.4) is 0 Å². The normalized spacial score (nSPS) is 18.0. The van der Waals surface area contributed by atoms with Gasteiger partial charge in [0.15, 0.2) is 5.66 Å². The van der Waals surface area contributed by atoms with E-state index < -0.39 is 5.66 Å². The fourth-order valence-electron chi connectivity index (χ4n) is 4.11. The second-order valence-corrected chi connectivity index (χ2v) is 7.23. The molecule has 1 aliphatic rings. The summed E-state index contributed by atoms with van der Waals surface area (Å²) in [5.41, 5.74) is 3.32. The van der Waals surface area contributed by atoms with Crippen LogP contribution >= 0.6 is 0 Å². The Morgan fingerprint density at radius 1 is 0.667 bits per heavy atom. The molecule has 0 bridgehead atoms. The molecule has 0 N–H and O–H groups in total. The van der Waals surface area contributed by atoms with E-state index in [4.69, 9.17) is 4.99 Å². The summed E-state index contributed by atoms with van der Waals surface area (Å²) in [6.45, 7) is 0. The molecule has 0 fully saturated rings. The predicted molar refractivity (Wildman–Crippen MR) is 121 cm³/mol. The van der Waals surface area contributed by atoms with E-state index >= 15 is 0 Å². The first-order chi connectivity index (χ1) is 14.8. The lowest BCUT2D eigenvalue weighted by atomic mass is 9.90. The second-order valence-electron chi connectivity index (χ2n) is 7.23. The van der Waals surface area contributed by atoms with Gasteiger partial charge >= 0.3 is 0 Å². The van der Waals surface area contributed by atoms with Crippen LogP contribution in [0.5, 0.6) is 0 Å². The highest BCUT2D eigenvalue weighted by atomic mass is 16.2. The van der Waals surface area contributed by atoms with E-state index in [1.165, 1.54) is 0 Å². The van der Waals surface area contributed by atoms with E-state index in [0.717, 1.165) is 22.4 Å². The topological polar surface area (TPSA) is 32.7 Å². The van der Waals surface area contributed by atoms with Gasteiger partial charge in [-0.25, -0.2) is 0 Å². The van der Waals surface area contributed by atoms with Crippen molar-refractivity contribution >= 4 is 17.8 Å². The Balaban J connectivity index is 1.82. The summed E-state index contributed by atoms with van der Waals surface area (Å²) in [7, 11) is 0. The molecule has 0 saturated heterocycles. The third-order valence-corrected chi connectivity index (χ3v) is 5.45. The molecular formula is C27H20N2O. The number of hydrogen-bond donors (Lipinski definition) is 0. The molecule has 0 saturated carbocycles. The van der Waals surface area contributed by atoms with Gasteiger partial charge in [-0.15, -0.1) is 0 Å². The number of carbonyl (C=O) groups excluding carboxylic acids is 1. The van der Waals surface area contributed by atoms with Crippen molar-refractivity contribution in [2.45, 2.75) is 5.66 Å². The molecule has 4 aromatic rings. The fourth-order valence-corrected chi connectivity index (χ4v) is 4.11. The number of amides is 1. The van der Waals surface area contributed by atoms with Gasteiger partial charge in [0.05, 0.1) is 0 Å². The van der Waals surface area contributed by atoms with Crippen molar-refractivity contribution < 1.29 is 4.79 Å². The van der Waals surface area contributed by atoms with Crippen LogP contribution in [-0.2, 0) is 5.66 Å². The molecule has 0 radical (unpaired) electrons. The Bertz CT molecular complexity index is 1200. The fraction of sp³-hybridized carbons (Fsp3) is 0.0370. The van der Waals surface area contributed by atoms with Crippen molar-refractivity contribution in [1.82, 2.24) is 0 Å². The van der Waals surface area contributed by atoms with Crippen LogP contribution in [0.25, 0.3) is 0 Å². The molecule has 1 aliphatic heterocycles. The lowest BCUT2D eigenvalue weighted by Gasteiger charge is -2.36. The summed E-state index contributed by atoms with van der Waals surface area (Å²) in [5, 5.41) is 0. The summed E-state index contributed by atoms with van der Waals surface area (Å²) in [4.78, 5) is 20.6. The van der Waals surface area contributed by atoms with Crippen molar-refractivity contribution in [2.24, 2.45) is 4.99 Å². The maximum atomic E-state index is 13.6. The van der Waals surface area contributed by atoms with Crippen molar-refractivity contribution in [3.8, 4) is 0 Å². The highest BCUT2D eigenvalue weighted by Crippen LogP contribution is 2.47. The van der Waals surface area contributed by atoms with Crippen molar-refractivity contribution in [3.05, 3.63) is 138 Å². The van der Waals surface area contributed by atoms with E-state index in [1.807, 2.05) is 126 Å². The van der Waals surface area contributed by atoms with E-state index in [-0.39, 0.29) is 5.91 Å². The largest absolute Gasteiger partial charge is 0.275 e. The van der Waals surface area contributed by atoms with E-state index in [2.05, 4.69) is 0 Å². The molecule has 1 heterocycles. The number of anilines is 1.